The Morgan fingerprint density at radius 2 is 1.95 bits per heavy atom. The number of hydrogen-bond donors (Lipinski definition) is 1. The van der Waals surface area contributed by atoms with Gasteiger partial charge in [0.2, 0.25) is 0 Å². The van der Waals surface area contributed by atoms with Crippen molar-refractivity contribution in [1.29, 1.82) is 0 Å². The first kappa shape index (κ1) is 18.3. The molecule has 0 aromatic carbocycles. The maximum Gasteiger partial charge on any atom is 0.327 e. The van der Waals surface area contributed by atoms with Gasteiger partial charge in [0.1, 0.15) is 15.4 Å². The van der Waals surface area contributed by atoms with Gasteiger partial charge in [-0.25, -0.2) is 8.42 Å². The molecule has 0 aromatic heterocycles. The van der Waals surface area contributed by atoms with E-state index in [4.69, 9.17) is 4.74 Å². The molecule has 0 saturated heterocycles. The summed E-state index contributed by atoms with van der Waals surface area (Å²) in [7, 11) is 0.131. The Balaban J connectivity index is 4.69. The molecule has 0 saturated carbocycles. The molecule has 0 amide bonds. The Kier molecular flexibility index (Phi) is 6.96. The zero-order valence-corrected chi connectivity index (χ0v) is 13.5. The van der Waals surface area contributed by atoms with E-state index in [-0.39, 0.29) is 17.8 Å². The summed E-state index contributed by atoms with van der Waals surface area (Å²) in [6.45, 7) is 6.41. The van der Waals surface area contributed by atoms with Gasteiger partial charge in [-0.3, -0.25) is 10.1 Å². The van der Waals surface area contributed by atoms with Gasteiger partial charge in [-0.1, -0.05) is 0 Å². The smallest absolute Gasteiger partial charge is 0.327 e. The molecule has 0 fully saturated rings. The van der Waals surface area contributed by atoms with E-state index in [0.717, 1.165) is 0 Å². The van der Waals surface area contributed by atoms with Crippen LogP contribution in [0.4, 0.5) is 0 Å². The zero-order valence-electron chi connectivity index (χ0n) is 12.7. The molecule has 0 radical (unpaired) electrons. The SMILES string of the molecule is COC(=O)C(C)(CN(C)CCS(C)(=O)=O)NC(C)C. The number of ether oxygens (including phenoxy) is 1. The van der Waals surface area contributed by atoms with Crippen molar-refractivity contribution in [2.75, 3.05) is 39.3 Å². The molecule has 0 aliphatic rings. The molecule has 0 rings (SSSR count). The average Bonchev–Trinajstić information content (AvgIpc) is 2.23. The number of methoxy groups -OCH3 is 1. The maximum atomic E-state index is 11.9. The number of carbonyl (C=O) groups excluding carboxylic acids is 1. The molecule has 114 valence electrons. The molecule has 0 aromatic rings. The van der Waals surface area contributed by atoms with Gasteiger partial charge < -0.3 is 9.64 Å². The molecule has 1 atom stereocenters. The number of hydrogen-bond acceptors (Lipinski definition) is 6. The summed E-state index contributed by atoms with van der Waals surface area (Å²) in [5, 5.41) is 3.17. The number of sulfone groups is 1. The number of rotatable bonds is 8. The van der Waals surface area contributed by atoms with Crippen LogP contribution < -0.4 is 5.32 Å². The maximum absolute atomic E-state index is 11.9. The predicted molar refractivity (Wildman–Crippen MR) is 75.9 cm³/mol. The van der Waals surface area contributed by atoms with Crippen LogP contribution in [0.3, 0.4) is 0 Å². The molecule has 0 aliphatic heterocycles. The quantitative estimate of drug-likeness (QED) is 0.630. The van der Waals surface area contributed by atoms with Gasteiger partial charge in [0, 0.05) is 25.4 Å². The van der Waals surface area contributed by atoms with Crippen molar-refractivity contribution < 1.29 is 17.9 Å². The van der Waals surface area contributed by atoms with E-state index in [0.29, 0.717) is 13.1 Å². The lowest BCUT2D eigenvalue weighted by atomic mass is 10.0. The molecule has 1 unspecified atom stereocenters. The second kappa shape index (κ2) is 7.21. The van der Waals surface area contributed by atoms with Crippen molar-refractivity contribution in [1.82, 2.24) is 10.2 Å². The van der Waals surface area contributed by atoms with Crippen LogP contribution in [0.5, 0.6) is 0 Å². The zero-order chi connectivity index (χ0) is 15.3. The van der Waals surface area contributed by atoms with Crippen LogP contribution in [0.1, 0.15) is 20.8 Å². The van der Waals surface area contributed by atoms with Crippen LogP contribution in [0.15, 0.2) is 0 Å². The largest absolute Gasteiger partial charge is 0.468 e. The van der Waals surface area contributed by atoms with Gasteiger partial charge in [0.05, 0.1) is 12.9 Å². The molecule has 19 heavy (non-hydrogen) atoms. The van der Waals surface area contributed by atoms with Crippen LogP contribution in [-0.4, -0.2) is 70.1 Å². The Labute approximate surface area is 116 Å². The monoisotopic (exact) mass is 294 g/mol. The fraction of sp³-hybridized carbons (Fsp3) is 0.917. The lowest BCUT2D eigenvalue weighted by molar-refractivity contribution is -0.149. The lowest BCUT2D eigenvalue weighted by Gasteiger charge is -2.33. The first-order valence-corrected chi connectivity index (χ1v) is 8.28. The Morgan fingerprint density at radius 3 is 2.32 bits per heavy atom. The van der Waals surface area contributed by atoms with E-state index in [9.17, 15) is 13.2 Å². The van der Waals surface area contributed by atoms with Crippen LogP contribution in [0.2, 0.25) is 0 Å². The number of nitrogens with one attached hydrogen (secondary N) is 1. The molecule has 1 N–H and O–H groups in total. The molecule has 0 bridgehead atoms. The number of likely N-dealkylation sites (N-methyl/N-ethyl adjacent to an activating group) is 1. The van der Waals surface area contributed by atoms with Crippen molar-refractivity contribution in [2.45, 2.75) is 32.4 Å². The summed E-state index contributed by atoms with van der Waals surface area (Å²) >= 11 is 0. The molecular weight excluding hydrogens is 268 g/mol. The fourth-order valence-electron chi connectivity index (χ4n) is 1.97. The number of esters is 1. The highest BCUT2D eigenvalue weighted by Gasteiger charge is 2.35. The normalized spacial score (nSPS) is 15.6. The highest BCUT2D eigenvalue weighted by Crippen LogP contribution is 2.10. The highest BCUT2D eigenvalue weighted by molar-refractivity contribution is 7.90. The van der Waals surface area contributed by atoms with Crippen molar-refractivity contribution >= 4 is 15.8 Å². The lowest BCUT2D eigenvalue weighted by Crippen LogP contribution is -2.59. The van der Waals surface area contributed by atoms with Gasteiger partial charge in [-0.2, -0.15) is 0 Å². The second-order valence-corrected chi connectivity index (χ2v) is 7.75. The molecule has 6 nitrogen and oxygen atoms in total. The molecule has 0 aliphatic carbocycles. The molecule has 0 spiro atoms. The van der Waals surface area contributed by atoms with Gasteiger partial charge in [-0.05, 0) is 27.8 Å². The summed E-state index contributed by atoms with van der Waals surface area (Å²) in [6.07, 6.45) is 1.20. The van der Waals surface area contributed by atoms with Gasteiger partial charge in [-0.15, -0.1) is 0 Å². The van der Waals surface area contributed by atoms with Crippen LogP contribution in [0.25, 0.3) is 0 Å². The van der Waals surface area contributed by atoms with E-state index in [1.54, 1.807) is 14.0 Å². The van der Waals surface area contributed by atoms with E-state index in [1.807, 2.05) is 18.7 Å². The van der Waals surface area contributed by atoms with Crippen LogP contribution in [0, 0.1) is 0 Å². The van der Waals surface area contributed by atoms with Gasteiger partial charge in [0.25, 0.3) is 0 Å². The van der Waals surface area contributed by atoms with Crippen molar-refractivity contribution in [2.24, 2.45) is 0 Å². The van der Waals surface area contributed by atoms with Gasteiger partial charge in [0.15, 0.2) is 0 Å². The number of nitrogens with zero attached hydrogens (tertiary/aromatic N) is 1. The van der Waals surface area contributed by atoms with Crippen molar-refractivity contribution in [3.05, 3.63) is 0 Å². The van der Waals surface area contributed by atoms with E-state index < -0.39 is 15.4 Å². The van der Waals surface area contributed by atoms with Crippen LogP contribution >= 0.6 is 0 Å². The summed E-state index contributed by atoms with van der Waals surface area (Å²) in [5.74, 6) is -0.282. The third-order valence-corrected chi connectivity index (χ3v) is 3.60. The minimum Gasteiger partial charge on any atom is -0.468 e. The van der Waals surface area contributed by atoms with E-state index >= 15 is 0 Å². The first-order valence-electron chi connectivity index (χ1n) is 6.22. The van der Waals surface area contributed by atoms with Crippen LogP contribution in [-0.2, 0) is 19.4 Å². The van der Waals surface area contributed by atoms with E-state index in [1.165, 1.54) is 13.4 Å². The summed E-state index contributed by atoms with van der Waals surface area (Å²) in [6, 6.07) is 0.118. The predicted octanol–water partition coefficient (Wildman–Crippen LogP) is -0.107. The fourth-order valence-corrected chi connectivity index (χ4v) is 2.62. The highest BCUT2D eigenvalue weighted by atomic mass is 32.2. The molecular formula is C12H26N2O4S. The summed E-state index contributed by atoms with van der Waals surface area (Å²) in [4.78, 5) is 13.7. The van der Waals surface area contributed by atoms with Crippen molar-refractivity contribution in [3.8, 4) is 0 Å². The average molecular weight is 294 g/mol. The Hall–Kier alpha value is -0.660. The topological polar surface area (TPSA) is 75.7 Å². The van der Waals surface area contributed by atoms with Crippen molar-refractivity contribution in [3.63, 3.8) is 0 Å². The second-order valence-electron chi connectivity index (χ2n) is 5.49. The third kappa shape index (κ3) is 7.49. The summed E-state index contributed by atoms with van der Waals surface area (Å²) < 4.78 is 27.1. The van der Waals surface area contributed by atoms with Gasteiger partial charge >= 0.3 is 5.97 Å². The van der Waals surface area contributed by atoms with E-state index in [2.05, 4.69) is 5.32 Å². The number of carbonyl (C=O) groups is 1. The first-order chi connectivity index (χ1) is 8.50. The summed E-state index contributed by atoms with van der Waals surface area (Å²) in [5.41, 5.74) is -0.852. The minimum atomic E-state index is -3.00. The Bertz CT molecular complexity index is 395. The standard InChI is InChI=1S/C12H26N2O4S/c1-10(2)13-12(3,11(15)18-5)9-14(4)7-8-19(6,16)17/h10,13H,7-9H2,1-6H3. The Morgan fingerprint density at radius 1 is 1.42 bits per heavy atom. The molecule has 0 heterocycles. The molecule has 7 heteroatoms. The minimum absolute atomic E-state index is 0.0719. The third-order valence-electron chi connectivity index (χ3n) is 2.67.